The lowest BCUT2D eigenvalue weighted by atomic mass is 10.1. The van der Waals surface area contributed by atoms with Crippen molar-refractivity contribution in [2.75, 3.05) is 6.61 Å². The van der Waals surface area contributed by atoms with Gasteiger partial charge in [-0.3, -0.25) is 0 Å². The molecule has 3 atom stereocenters. The van der Waals surface area contributed by atoms with Gasteiger partial charge in [0, 0.05) is 0 Å². The van der Waals surface area contributed by atoms with Gasteiger partial charge in [-0.15, -0.1) is 0 Å². The average Bonchev–Trinajstić information content (AvgIpc) is 2.65. The third-order valence-corrected chi connectivity index (χ3v) is 2.65. The first-order valence-corrected chi connectivity index (χ1v) is 5.40. The van der Waals surface area contributed by atoms with E-state index in [0.29, 0.717) is 6.61 Å². The molecule has 0 saturated carbocycles. The van der Waals surface area contributed by atoms with Crippen LogP contribution in [0.3, 0.4) is 0 Å². The summed E-state index contributed by atoms with van der Waals surface area (Å²) in [7, 11) is 0. The molecule has 2 aliphatic rings. The molecule has 2 rings (SSSR count). The Morgan fingerprint density at radius 3 is 2.25 bits per heavy atom. The molecule has 0 spiro atoms. The van der Waals surface area contributed by atoms with Crippen molar-refractivity contribution in [3.63, 3.8) is 0 Å². The molecule has 2 saturated heterocycles. The van der Waals surface area contributed by atoms with E-state index in [0.717, 1.165) is 0 Å². The highest BCUT2D eigenvalue weighted by atomic mass is 16.8. The Balaban J connectivity index is 2.08. The smallest absolute Gasteiger partial charge is 0.176 e. The molecule has 0 aromatic rings. The van der Waals surface area contributed by atoms with Gasteiger partial charge in [-0.1, -0.05) is 0 Å². The predicted molar refractivity (Wildman–Crippen MR) is 54.3 cm³/mol. The van der Waals surface area contributed by atoms with Crippen LogP contribution in [-0.4, -0.2) is 36.5 Å². The van der Waals surface area contributed by atoms with Gasteiger partial charge in [0.15, 0.2) is 17.7 Å². The van der Waals surface area contributed by atoms with Crippen LogP contribution in [0.1, 0.15) is 27.7 Å². The molecule has 0 unspecified atom stereocenters. The number of hydrogen-bond donors (Lipinski definition) is 0. The van der Waals surface area contributed by atoms with Crippen LogP contribution in [0.25, 0.3) is 0 Å². The molecule has 0 aliphatic carbocycles. The molecule has 2 fully saturated rings. The van der Waals surface area contributed by atoms with E-state index in [2.05, 4.69) is 6.07 Å². The minimum atomic E-state index is -0.735. The molecule has 0 amide bonds. The Hall–Kier alpha value is -0.670. The van der Waals surface area contributed by atoms with Crippen molar-refractivity contribution in [2.45, 2.75) is 57.6 Å². The summed E-state index contributed by atoms with van der Waals surface area (Å²) in [5, 5.41) is 9.01. The SMILES string of the molecule is CC1(C)O[C@H]([C@@H]2COC(C)(C)O2)[C@H](C#N)O1. The van der Waals surface area contributed by atoms with Crippen molar-refractivity contribution in [2.24, 2.45) is 0 Å². The van der Waals surface area contributed by atoms with Gasteiger partial charge in [-0.05, 0) is 27.7 Å². The maximum absolute atomic E-state index is 9.01. The zero-order valence-corrected chi connectivity index (χ0v) is 10.0. The lowest BCUT2D eigenvalue weighted by molar-refractivity contribution is -0.174. The van der Waals surface area contributed by atoms with Gasteiger partial charge < -0.3 is 18.9 Å². The summed E-state index contributed by atoms with van der Waals surface area (Å²) in [4.78, 5) is 0. The Morgan fingerprint density at radius 2 is 1.75 bits per heavy atom. The molecule has 2 heterocycles. The summed E-state index contributed by atoms with van der Waals surface area (Å²) < 4.78 is 22.3. The third kappa shape index (κ3) is 2.20. The summed E-state index contributed by atoms with van der Waals surface area (Å²) >= 11 is 0. The summed E-state index contributed by atoms with van der Waals surface area (Å²) in [6.45, 7) is 7.69. The molecule has 5 nitrogen and oxygen atoms in total. The molecule has 0 radical (unpaired) electrons. The quantitative estimate of drug-likeness (QED) is 0.673. The topological polar surface area (TPSA) is 60.7 Å². The molecule has 2 aliphatic heterocycles. The summed E-state index contributed by atoms with van der Waals surface area (Å²) in [6, 6.07) is 2.09. The molecule has 90 valence electrons. The highest BCUT2D eigenvalue weighted by molar-refractivity contribution is 5.01. The van der Waals surface area contributed by atoms with Crippen molar-refractivity contribution >= 4 is 0 Å². The van der Waals surface area contributed by atoms with Crippen molar-refractivity contribution in [1.29, 1.82) is 5.26 Å². The van der Waals surface area contributed by atoms with E-state index < -0.39 is 17.7 Å². The largest absolute Gasteiger partial charge is 0.348 e. The van der Waals surface area contributed by atoms with Crippen molar-refractivity contribution in [1.82, 2.24) is 0 Å². The van der Waals surface area contributed by atoms with Gasteiger partial charge in [-0.25, -0.2) is 0 Å². The maximum atomic E-state index is 9.01. The van der Waals surface area contributed by atoms with Gasteiger partial charge in [0.1, 0.15) is 12.2 Å². The fourth-order valence-corrected chi connectivity index (χ4v) is 2.04. The number of nitrogens with zero attached hydrogens (tertiary/aromatic N) is 1. The molecule has 0 bridgehead atoms. The molecular formula is C11H17NO4. The molecule has 5 heteroatoms. The Bertz CT molecular complexity index is 320. The number of ether oxygens (including phenoxy) is 4. The first-order valence-electron chi connectivity index (χ1n) is 5.40. The second kappa shape index (κ2) is 3.67. The molecule has 0 aromatic heterocycles. The lowest BCUT2D eigenvalue weighted by Gasteiger charge is -2.22. The van der Waals surface area contributed by atoms with Crippen LogP contribution in [0.2, 0.25) is 0 Å². The van der Waals surface area contributed by atoms with E-state index in [1.54, 1.807) is 13.8 Å². The van der Waals surface area contributed by atoms with Crippen LogP contribution < -0.4 is 0 Å². The summed E-state index contributed by atoms with van der Waals surface area (Å²) in [5.41, 5.74) is 0. The van der Waals surface area contributed by atoms with Crippen molar-refractivity contribution in [3.05, 3.63) is 0 Å². The predicted octanol–water partition coefficient (Wildman–Crippen LogP) is 1.18. The van der Waals surface area contributed by atoms with Gasteiger partial charge >= 0.3 is 0 Å². The minimum absolute atomic E-state index is 0.249. The van der Waals surface area contributed by atoms with Crippen LogP contribution in [0.4, 0.5) is 0 Å². The van der Waals surface area contributed by atoms with Gasteiger partial charge in [0.05, 0.1) is 12.7 Å². The monoisotopic (exact) mass is 227 g/mol. The Labute approximate surface area is 95.2 Å². The second-order valence-corrected chi connectivity index (χ2v) is 5.02. The fourth-order valence-electron chi connectivity index (χ4n) is 2.04. The van der Waals surface area contributed by atoms with Crippen LogP contribution in [0.5, 0.6) is 0 Å². The molecule has 0 aromatic carbocycles. The average molecular weight is 227 g/mol. The zero-order chi connectivity index (χ0) is 12.0. The molecule has 0 N–H and O–H groups in total. The first-order chi connectivity index (χ1) is 7.33. The lowest BCUT2D eigenvalue weighted by Crippen LogP contribution is -2.37. The van der Waals surface area contributed by atoms with Gasteiger partial charge in [-0.2, -0.15) is 5.26 Å². The summed E-state index contributed by atoms with van der Waals surface area (Å²) in [5.74, 6) is -1.35. The van der Waals surface area contributed by atoms with Crippen LogP contribution in [0.15, 0.2) is 0 Å². The Kier molecular flexibility index (Phi) is 2.71. The highest BCUT2D eigenvalue weighted by Crippen LogP contribution is 2.35. The highest BCUT2D eigenvalue weighted by Gasteiger charge is 2.49. The van der Waals surface area contributed by atoms with Crippen molar-refractivity contribution in [3.8, 4) is 6.07 Å². The second-order valence-electron chi connectivity index (χ2n) is 5.02. The van der Waals surface area contributed by atoms with E-state index in [1.165, 1.54) is 0 Å². The first kappa shape index (κ1) is 11.8. The Morgan fingerprint density at radius 1 is 1.06 bits per heavy atom. The number of rotatable bonds is 1. The van der Waals surface area contributed by atoms with Crippen LogP contribution >= 0.6 is 0 Å². The standard InChI is InChI=1S/C11H17NO4/c1-10(2)13-6-8(15-10)9-7(5-12)14-11(3,4)16-9/h7-9H,6H2,1-4H3/t7-,8-,9-/m0/s1. The summed E-state index contributed by atoms with van der Waals surface area (Å²) in [6.07, 6.45) is -1.24. The normalized spacial score (nSPS) is 40.8. The fraction of sp³-hybridized carbons (Fsp3) is 0.909. The van der Waals surface area contributed by atoms with E-state index in [4.69, 9.17) is 24.2 Å². The molecular weight excluding hydrogens is 210 g/mol. The minimum Gasteiger partial charge on any atom is -0.348 e. The van der Waals surface area contributed by atoms with Crippen LogP contribution in [0, 0.1) is 11.3 Å². The van der Waals surface area contributed by atoms with Gasteiger partial charge in [0.2, 0.25) is 0 Å². The van der Waals surface area contributed by atoms with E-state index in [9.17, 15) is 0 Å². The van der Waals surface area contributed by atoms with Crippen LogP contribution in [-0.2, 0) is 18.9 Å². The van der Waals surface area contributed by atoms with Gasteiger partial charge in [0.25, 0.3) is 0 Å². The van der Waals surface area contributed by atoms with E-state index in [-0.39, 0.29) is 12.2 Å². The van der Waals surface area contributed by atoms with E-state index in [1.807, 2.05) is 13.8 Å². The zero-order valence-electron chi connectivity index (χ0n) is 10.0. The molecule has 16 heavy (non-hydrogen) atoms. The maximum Gasteiger partial charge on any atom is 0.176 e. The number of nitriles is 1. The number of hydrogen-bond acceptors (Lipinski definition) is 5. The van der Waals surface area contributed by atoms with Crippen molar-refractivity contribution < 1.29 is 18.9 Å². The van der Waals surface area contributed by atoms with E-state index >= 15 is 0 Å². The third-order valence-electron chi connectivity index (χ3n) is 2.65.